The zero-order valence-electron chi connectivity index (χ0n) is 10.5. The molecular weight excluding hydrogens is 336 g/mol. The van der Waals surface area contributed by atoms with Crippen molar-refractivity contribution in [3.05, 3.63) is 27.7 Å². The van der Waals surface area contributed by atoms with E-state index in [4.69, 9.17) is 16.7 Å². The van der Waals surface area contributed by atoms with E-state index in [9.17, 15) is 9.59 Å². The van der Waals surface area contributed by atoms with E-state index in [0.717, 1.165) is 0 Å². The van der Waals surface area contributed by atoms with Gasteiger partial charge in [-0.1, -0.05) is 11.6 Å². The van der Waals surface area contributed by atoms with Crippen LogP contribution in [-0.4, -0.2) is 22.6 Å². The van der Waals surface area contributed by atoms with Crippen molar-refractivity contribution in [3.8, 4) is 0 Å². The minimum Gasteiger partial charge on any atom is -0.481 e. The van der Waals surface area contributed by atoms with Gasteiger partial charge in [0.05, 0.1) is 12.1 Å². The van der Waals surface area contributed by atoms with Crippen molar-refractivity contribution >= 4 is 45.2 Å². The van der Waals surface area contributed by atoms with Crippen LogP contribution < -0.4 is 10.6 Å². The molecule has 0 heterocycles. The molecule has 19 heavy (non-hydrogen) atoms. The number of carboxylic acid groups (broad SMARTS) is 1. The van der Waals surface area contributed by atoms with Crippen LogP contribution in [-0.2, 0) is 4.79 Å². The Bertz CT molecular complexity index is 506. The molecule has 1 aromatic carbocycles. The third-order valence-electron chi connectivity index (χ3n) is 2.22. The van der Waals surface area contributed by atoms with Gasteiger partial charge in [0.15, 0.2) is 0 Å². The quantitative estimate of drug-likeness (QED) is 0.778. The van der Waals surface area contributed by atoms with Crippen molar-refractivity contribution in [2.45, 2.75) is 25.8 Å². The molecule has 0 aromatic heterocycles. The summed E-state index contributed by atoms with van der Waals surface area (Å²) in [4.78, 5) is 22.4. The highest BCUT2D eigenvalue weighted by Gasteiger charge is 2.24. The molecule has 0 aliphatic rings. The van der Waals surface area contributed by atoms with Gasteiger partial charge in [0.2, 0.25) is 0 Å². The number of amides is 2. The third-order valence-corrected chi connectivity index (χ3v) is 3.12. The lowest BCUT2D eigenvalue weighted by molar-refractivity contribution is -0.138. The number of halogens is 2. The fourth-order valence-electron chi connectivity index (χ4n) is 1.47. The fraction of sp³-hybridized carbons (Fsp3) is 0.333. The number of urea groups is 1. The number of hydrogen-bond donors (Lipinski definition) is 3. The largest absolute Gasteiger partial charge is 0.481 e. The maximum Gasteiger partial charge on any atom is 0.319 e. The highest BCUT2D eigenvalue weighted by molar-refractivity contribution is 9.10. The van der Waals surface area contributed by atoms with Crippen LogP contribution >= 0.6 is 27.5 Å². The van der Waals surface area contributed by atoms with Crippen molar-refractivity contribution < 1.29 is 14.7 Å². The lowest BCUT2D eigenvalue weighted by atomic mass is 10.0. The SMILES string of the molecule is CC(C)(CC(=O)O)NC(=O)Nc1ccc(Cl)cc1Br. The van der Waals surface area contributed by atoms with Crippen molar-refractivity contribution in [3.63, 3.8) is 0 Å². The molecule has 0 fully saturated rings. The van der Waals surface area contributed by atoms with Crippen LogP contribution in [0.5, 0.6) is 0 Å². The fourth-order valence-corrected chi connectivity index (χ4v) is 2.26. The van der Waals surface area contributed by atoms with Crippen LogP contribution in [0.3, 0.4) is 0 Å². The molecule has 5 nitrogen and oxygen atoms in total. The molecule has 1 aromatic rings. The van der Waals surface area contributed by atoms with Gasteiger partial charge in [0.25, 0.3) is 0 Å². The summed E-state index contributed by atoms with van der Waals surface area (Å²) in [6, 6.07) is 4.47. The molecule has 0 aliphatic carbocycles. The number of rotatable bonds is 4. The molecule has 0 radical (unpaired) electrons. The number of carbonyl (C=O) groups excluding carboxylic acids is 1. The van der Waals surface area contributed by atoms with Crippen molar-refractivity contribution in [2.24, 2.45) is 0 Å². The number of carbonyl (C=O) groups is 2. The third kappa shape index (κ3) is 5.48. The Kier molecular flexibility index (Phi) is 5.20. The second-order valence-corrected chi connectivity index (χ2v) is 5.95. The first-order chi connectivity index (χ1) is 8.69. The predicted octanol–water partition coefficient (Wildman–Crippen LogP) is 3.48. The van der Waals surface area contributed by atoms with E-state index in [1.165, 1.54) is 0 Å². The molecule has 2 amide bonds. The lowest BCUT2D eigenvalue weighted by Gasteiger charge is -2.24. The lowest BCUT2D eigenvalue weighted by Crippen LogP contribution is -2.46. The van der Waals surface area contributed by atoms with Crippen molar-refractivity contribution in [1.82, 2.24) is 5.32 Å². The van der Waals surface area contributed by atoms with E-state index in [1.807, 2.05) is 0 Å². The molecular formula is C12H14BrClN2O3. The number of carboxylic acids is 1. The van der Waals surface area contributed by atoms with Crippen LogP contribution in [0.1, 0.15) is 20.3 Å². The maximum absolute atomic E-state index is 11.8. The summed E-state index contributed by atoms with van der Waals surface area (Å²) in [7, 11) is 0. The van der Waals surface area contributed by atoms with Gasteiger partial charge in [-0.3, -0.25) is 4.79 Å². The van der Waals surface area contributed by atoms with Crippen molar-refractivity contribution in [2.75, 3.05) is 5.32 Å². The smallest absolute Gasteiger partial charge is 0.319 e. The van der Waals surface area contributed by atoms with Gasteiger partial charge in [-0.15, -0.1) is 0 Å². The van der Waals surface area contributed by atoms with Gasteiger partial charge in [0.1, 0.15) is 0 Å². The molecule has 0 unspecified atom stereocenters. The minimum atomic E-state index is -0.974. The van der Waals surface area contributed by atoms with E-state index in [2.05, 4.69) is 26.6 Å². The first kappa shape index (κ1) is 15.8. The van der Waals surface area contributed by atoms with Crippen molar-refractivity contribution in [1.29, 1.82) is 0 Å². The second kappa shape index (κ2) is 6.25. The van der Waals surface area contributed by atoms with Gasteiger partial charge in [-0.05, 0) is 48.0 Å². The summed E-state index contributed by atoms with van der Waals surface area (Å²) >= 11 is 9.07. The normalized spacial score (nSPS) is 10.9. The van der Waals surface area contributed by atoms with Gasteiger partial charge in [-0.2, -0.15) is 0 Å². The Hall–Kier alpha value is -1.27. The summed E-state index contributed by atoms with van der Waals surface area (Å²) in [5.74, 6) is -0.974. The highest BCUT2D eigenvalue weighted by atomic mass is 79.9. The van der Waals surface area contributed by atoms with E-state index >= 15 is 0 Å². The topological polar surface area (TPSA) is 78.4 Å². The highest BCUT2D eigenvalue weighted by Crippen LogP contribution is 2.25. The molecule has 3 N–H and O–H groups in total. The Morgan fingerprint density at radius 1 is 1.42 bits per heavy atom. The summed E-state index contributed by atoms with van der Waals surface area (Å²) in [6.45, 7) is 3.27. The summed E-state index contributed by atoms with van der Waals surface area (Å²) in [5, 5.41) is 14.5. The predicted molar refractivity (Wildman–Crippen MR) is 77.6 cm³/mol. The zero-order valence-corrected chi connectivity index (χ0v) is 12.8. The van der Waals surface area contributed by atoms with Gasteiger partial charge in [0, 0.05) is 15.0 Å². The average Bonchev–Trinajstić information content (AvgIpc) is 2.19. The molecule has 0 saturated carbocycles. The average molecular weight is 350 g/mol. The standard InChI is InChI=1S/C12H14BrClN2O3/c1-12(2,6-10(17)18)16-11(19)15-9-4-3-7(14)5-8(9)13/h3-5H,6H2,1-2H3,(H,17,18)(H2,15,16,19). The van der Waals surface area contributed by atoms with Gasteiger partial charge in [-0.25, -0.2) is 4.79 Å². The Morgan fingerprint density at radius 3 is 2.58 bits per heavy atom. The number of anilines is 1. The molecule has 1 rings (SSSR count). The Balaban J connectivity index is 2.67. The number of nitrogens with one attached hydrogen (secondary N) is 2. The number of hydrogen-bond acceptors (Lipinski definition) is 2. The summed E-state index contributed by atoms with van der Waals surface area (Å²) in [6.07, 6.45) is -0.164. The van der Waals surface area contributed by atoms with E-state index < -0.39 is 17.5 Å². The van der Waals surface area contributed by atoms with Gasteiger partial charge >= 0.3 is 12.0 Å². The van der Waals surface area contributed by atoms with Crippen LogP contribution in [0.2, 0.25) is 5.02 Å². The summed E-state index contributed by atoms with van der Waals surface area (Å²) < 4.78 is 0.645. The molecule has 0 bridgehead atoms. The zero-order chi connectivity index (χ0) is 14.6. The van der Waals surface area contributed by atoms with E-state index in [0.29, 0.717) is 15.2 Å². The Labute approximate surface area is 124 Å². The minimum absolute atomic E-state index is 0.164. The number of benzene rings is 1. The van der Waals surface area contributed by atoms with Crippen LogP contribution in [0.4, 0.5) is 10.5 Å². The molecule has 0 aliphatic heterocycles. The monoisotopic (exact) mass is 348 g/mol. The van der Waals surface area contributed by atoms with Crippen LogP contribution in [0.25, 0.3) is 0 Å². The molecule has 0 saturated heterocycles. The Morgan fingerprint density at radius 2 is 2.05 bits per heavy atom. The summed E-state index contributed by atoms with van der Waals surface area (Å²) in [5.41, 5.74) is -0.289. The van der Waals surface area contributed by atoms with Crippen LogP contribution in [0, 0.1) is 0 Å². The molecule has 7 heteroatoms. The first-order valence-corrected chi connectivity index (χ1v) is 6.63. The molecule has 0 spiro atoms. The van der Waals surface area contributed by atoms with E-state index in [1.54, 1.807) is 32.0 Å². The maximum atomic E-state index is 11.8. The second-order valence-electron chi connectivity index (χ2n) is 4.66. The van der Waals surface area contributed by atoms with Gasteiger partial charge < -0.3 is 15.7 Å². The molecule has 104 valence electrons. The number of aliphatic carboxylic acids is 1. The molecule has 0 atom stereocenters. The first-order valence-electron chi connectivity index (χ1n) is 5.45. The van der Waals surface area contributed by atoms with Crippen LogP contribution in [0.15, 0.2) is 22.7 Å². The van der Waals surface area contributed by atoms with E-state index in [-0.39, 0.29) is 6.42 Å².